The van der Waals surface area contributed by atoms with Gasteiger partial charge in [0.25, 0.3) is 0 Å². The zero-order chi connectivity index (χ0) is 13.5. The van der Waals surface area contributed by atoms with Crippen molar-refractivity contribution in [2.75, 3.05) is 18.5 Å². The lowest BCUT2D eigenvalue weighted by Crippen LogP contribution is -2.09. The summed E-state index contributed by atoms with van der Waals surface area (Å²) in [6.07, 6.45) is 2.74. The molecule has 100 valence electrons. The fraction of sp³-hybridized carbons (Fsp3) is 0.267. The number of nitrogens with zero attached hydrogens (tertiary/aromatic N) is 1. The van der Waals surface area contributed by atoms with Gasteiger partial charge in [0.15, 0.2) is 0 Å². The van der Waals surface area contributed by atoms with E-state index < -0.39 is 0 Å². The predicted molar refractivity (Wildman–Crippen MR) is 81.7 cm³/mol. The first-order valence-corrected chi connectivity index (χ1v) is 7.09. The summed E-state index contributed by atoms with van der Waals surface area (Å²) in [6.45, 7) is 3.59. The van der Waals surface area contributed by atoms with Gasteiger partial charge < -0.3 is 10.1 Å². The zero-order valence-electron chi connectivity index (χ0n) is 10.9. The first-order valence-electron chi connectivity index (χ1n) is 6.29. The molecule has 1 aromatic heterocycles. The lowest BCUT2D eigenvalue weighted by atomic mass is 10.3. The topological polar surface area (TPSA) is 34.2 Å². The standard InChI is InChI=1S/C15H17BrN2O/c1-12-10-13(16)11-18-15(12)17-8-5-9-19-14-6-3-2-4-7-14/h2-4,6-7,10-11H,5,8-9H2,1H3,(H,17,18). The number of anilines is 1. The minimum absolute atomic E-state index is 0.701. The van der Waals surface area contributed by atoms with Crippen LogP contribution in [0, 0.1) is 6.92 Å². The highest BCUT2D eigenvalue weighted by atomic mass is 79.9. The van der Waals surface area contributed by atoms with Crippen molar-refractivity contribution in [3.63, 3.8) is 0 Å². The number of nitrogens with one attached hydrogen (secondary N) is 1. The normalized spacial score (nSPS) is 10.2. The molecule has 0 unspecified atom stereocenters. The lowest BCUT2D eigenvalue weighted by molar-refractivity contribution is 0.315. The second kappa shape index (κ2) is 7.14. The van der Waals surface area contributed by atoms with Crippen molar-refractivity contribution in [1.29, 1.82) is 0 Å². The summed E-state index contributed by atoms with van der Waals surface area (Å²) in [4.78, 5) is 4.33. The average Bonchev–Trinajstić information content (AvgIpc) is 2.42. The van der Waals surface area contributed by atoms with Gasteiger partial charge in [-0.15, -0.1) is 0 Å². The van der Waals surface area contributed by atoms with Crippen LogP contribution in [0.1, 0.15) is 12.0 Å². The molecule has 0 saturated heterocycles. The van der Waals surface area contributed by atoms with Crippen molar-refractivity contribution in [3.05, 3.63) is 52.6 Å². The Hall–Kier alpha value is -1.55. The van der Waals surface area contributed by atoms with Crippen molar-refractivity contribution < 1.29 is 4.74 Å². The molecule has 0 amide bonds. The van der Waals surface area contributed by atoms with Crippen LogP contribution in [0.2, 0.25) is 0 Å². The molecular weight excluding hydrogens is 304 g/mol. The Labute approximate surface area is 122 Å². The Kier molecular flexibility index (Phi) is 5.21. The summed E-state index contributed by atoms with van der Waals surface area (Å²) in [7, 11) is 0. The number of ether oxygens (including phenoxy) is 1. The van der Waals surface area contributed by atoms with Gasteiger partial charge in [0.1, 0.15) is 11.6 Å². The van der Waals surface area contributed by atoms with Crippen LogP contribution < -0.4 is 10.1 Å². The number of benzene rings is 1. The SMILES string of the molecule is Cc1cc(Br)cnc1NCCCOc1ccccc1. The molecule has 19 heavy (non-hydrogen) atoms. The van der Waals surface area contributed by atoms with E-state index in [1.165, 1.54) is 0 Å². The largest absolute Gasteiger partial charge is 0.494 e. The fourth-order valence-corrected chi connectivity index (χ4v) is 2.16. The fourth-order valence-electron chi connectivity index (χ4n) is 1.71. The summed E-state index contributed by atoms with van der Waals surface area (Å²) in [5.74, 6) is 1.85. The molecule has 2 rings (SSSR count). The smallest absolute Gasteiger partial charge is 0.128 e. The number of rotatable bonds is 6. The third kappa shape index (κ3) is 4.56. The van der Waals surface area contributed by atoms with Crippen molar-refractivity contribution >= 4 is 21.7 Å². The Bertz CT molecular complexity index is 517. The second-order valence-corrected chi connectivity index (χ2v) is 5.18. The van der Waals surface area contributed by atoms with Crippen LogP contribution in [0.5, 0.6) is 5.75 Å². The number of pyridine rings is 1. The molecule has 2 aromatic rings. The second-order valence-electron chi connectivity index (χ2n) is 4.26. The summed E-state index contributed by atoms with van der Waals surface area (Å²) in [5, 5.41) is 3.31. The van der Waals surface area contributed by atoms with E-state index in [0.29, 0.717) is 6.61 Å². The van der Waals surface area contributed by atoms with Gasteiger partial charge in [0.2, 0.25) is 0 Å². The number of aromatic nitrogens is 1. The zero-order valence-corrected chi connectivity index (χ0v) is 12.5. The van der Waals surface area contributed by atoms with Crippen molar-refractivity contribution in [1.82, 2.24) is 4.98 Å². The van der Waals surface area contributed by atoms with Crippen molar-refractivity contribution in [2.45, 2.75) is 13.3 Å². The Balaban J connectivity index is 1.69. The van der Waals surface area contributed by atoms with Crippen LogP contribution in [0.25, 0.3) is 0 Å². The highest BCUT2D eigenvalue weighted by molar-refractivity contribution is 9.10. The molecule has 3 nitrogen and oxygen atoms in total. The van der Waals surface area contributed by atoms with Crippen molar-refractivity contribution in [3.8, 4) is 5.75 Å². The number of aryl methyl sites for hydroxylation is 1. The molecule has 0 bridgehead atoms. The first-order chi connectivity index (χ1) is 9.25. The van der Waals surface area contributed by atoms with E-state index in [-0.39, 0.29) is 0 Å². The number of halogens is 1. The molecule has 0 aliphatic rings. The summed E-state index contributed by atoms with van der Waals surface area (Å²) in [5.41, 5.74) is 1.14. The van der Waals surface area contributed by atoms with Gasteiger partial charge in [-0.3, -0.25) is 0 Å². The maximum atomic E-state index is 5.63. The van der Waals surface area contributed by atoms with Gasteiger partial charge in [-0.1, -0.05) is 18.2 Å². The monoisotopic (exact) mass is 320 g/mol. The average molecular weight is 321 g/mol. The van der Waals surface area contributed by atoms with Crippen LogP contribution in [-0.4, -0.2) is 18.1 Å². The van der Waals surface area contributed by atoms with Gasteiger partial charge in [0, 0.05) is 17.2 Å². The molecule has 4 heteroatoms. The summed E-state index contributed by atoms with van der Waals surface area (Å²) < 4.78 is 6.63. The molecular formula is C15H17BrN2O. The number of hydrogen-bond acceptors (Lipinski definition) is 3. The van der Waals surface area contributed by atoms with Gasteiger partial charge >= 0.3 is 0 Å². The maximum Gasteiger partial charge on any atom is 0.128 e. The minimum Gasteiger partial charge on any atom is -0.494 e. The molecule has 1 aromatic carbocycles. The Morgan fingerprint density at radius 1 is 1.26 bits per heavy atom. The molecule has 0 atom stereocenters. The highest BCUT2D eigenvalue weighted by Crippen LogP contribution is 2.16. The van der Waals surface area contributed by atoms with Gasteiger partial charge in [-0.25, -0.2) is 4.98 Å². The van der Waals surface area contributed by atoms with E-state index in [1.807, 2.05) is 37.3 Å². The van der Waals surface area contributed by atoms with Gasteiger partial charge in [-0.2, -0.15) is 0 Å². The van der Waals surface area contributed by atoms with E-state index in [4.69, 9.17) is 4.74 Å². The van der Waals surface area contributed by atoms with Crippen LogP contribution in [-0.2, 0) is 0 Å². The van der Waals surface area contributed by atoms with E-state index in [2.05, 4.69) is 32.3 Å². The molecule has 0 fully saturated rings. The third-order valence-corrected chi connectivity index (χ3v) is 3.10. The molecule has 0 spiro atoms. The molecule has 0 saturated carbocycles. The predicted octanol–water partition coefficient (Wildman–Crippen LogP) is 4.03. The summed E-state index contributed by atoms with van der Waals surface area (Å²) >= 11 is 3.40. The lowest BCUT2D eigenvalue weighted by Gasteiger charge is -2.09. The molecule has 1 heterocycles. The molecule has 1 N–H and O–H groups in total. The quantitative estimate of drug-likeness (QED) is 0.816. The number of hydrogen-bond donors (Lipinski definition) is 1. The minimum atomic E-state index is 0.701. The maximum absolute atomic E-state index is 5.63. The van der Waals surface area contributed by atoms with E-state index >= 15 is 0 Å². The first kappa shape index (κ1) is 13.9. The van der Waals surface area contributed by atoms with E-state index in [9.17, 15) is 0 Å². The molecule has 0 radical (unpaired) electrons. The summed E-state index contributed by atoms with van der Waals surface area (Å²) in [6, 6.07) is 11.9. The number of para-hydroxylation sites is 1. The van der Waals surface area contributed by atoms with Crippen LogP contribution in [0.4, 0.5) is 5.82 Å². The van der Waals surface area contributed by atoms with Crippen LogP contribution in [0.15, 0.2) is 47.1 Å². The molecule has 0 aliphatic heterocycles. The van der Waals surface area contributed by atoms with Crippen molar-refractivity contribution in [2.24, 2.45) is 0 Å². The van der Waals surface area contributed by atoms with Gasteiger partial charge in [-0.05, 0) is 53.0 Å². The third-order valence-electron chi connectivity index (χ3n) is 2.67. The highest BCUT2D eigenvalue weighted by Gasteiger charge is 1.99. The molecule has 0 aliphatic carbocycles. The van der Waals surface area contributed by atoms with Crippen LogP contribution >= 0.6 is 15.9 Å². The van der Waals surface area contributed by atoms with Crippen LogP contribution in [0.3, 0.4) is 0 Å². The van der Waals surface area contributed by atoms with Gasteiger partial charge in [0.05, 0.1) is 6.61 Å². The van der Waals surface area contributed by atoms with E-state index in [0.717, 1.165) is 34.6 Å². The Morgan fingerprint density at radius 2 is 2.05 bits per heavy atom. The Morgan fingerprint density at radius 3 is 2.79 bits per heavy atom. The van der Waals surface area contributed by atoms with E-state index in [1.54, 1.807) is 6.20 Å².